The molecule has 11 aromatic rings. The van der Waals surface area contributed by atoms with Crippen molar-refractivity contribution >= 4 is 60.5 Å². The van der Waals surface area contributed by atoms with E-state index in [9.17, 15) is 0 Å². The molecule has 0 aliphatic heterocycles. The van der Waals surface area contributed by atoms with Crippen LogP contribution in [0.5, 0.6) is 0 Å². The van der Waals surface area contributed by atoms with Gasteiger partial charge in [-0.1, -0.05) is 176 Å². The molecule has 1 heterocycles. The second-order valence-corrected chi connectivity index (χ2v) is 14.9. The molecule has 0 unspecified atom stereocenters. The summed E-state index contributed by atoms with van der Waals surface area (Å²) in [6.07, 6.45) is 0. The second-order valence-electron chi connectivity index (χ2n) is 14.9. The first-order valence-electron chi connectivity index (χ1n) is 19.8. The van der Waals surface area contributed by atoms with Crippen LogP contribution >= 0.6 is 0 Å². The van der Waals surface area contributed by atoms with Crippen LogP contribution in [0.25, 0.3) is 88.0 Å². The van der Waals surface area contributed by atoms with Gasteiger partial charge in [0.1, 0.15) is 11.2 Å². The van der Waals surface area contributed by atoms with Crippen molar-refractivity contribution in [2.45, 2.75) is 0 Å². The molecule has 0 atom stereocenters. The Kier molecular flexibility index (Phi) is 8.19. The van der Waals surface area contributed by atoms with Gasteiger partial charge in [0.2, 0.25) is 0 Å². The summed E-state index contributed by atoms with van der Waals surface area (Å²) in [5, 5.41) is 6.96. The summed E-state index contributed by atoms with van der Waals surface area (Å²) in [5.41, 5.74) is 14.5. The lowest BCUT2D eigenvalue weighted by Crippen LogP contribution is -2.10. The Hall–Kier alpha value is -7.68. The third-order valence-corrected chi connectivity index (χ3v) is 11.5. The maximum absolute atomic E-state index is 6.69. The first-order chi connectivity index (χ1) is 28.8. The molecule has 0 saturated heterocycles. The van der Waals surface area contributed by atoms with E-state index in [0.29, 0.717) is 0 Å². The maximum Gasteiger partial charge on any atom is 0.143 e. The van der Waals surface area contributed by atoms with E-state index >= 15 is 0 Å². The lowest BCUT2D eigenvalue weighted by molar-refractivity contribution is 0.672. The fraction of sp³-hybridized carbons (Fsp3) is 0. The van der Waals surface area contributed by atoms with E-state index in [1.807, 2.05) is 0 Å². The zero-order valence-corrected chi connectivity index (χ0v) is 31.7. The molecular formula is C56H37NO. The van der Waals surface area contributed by atoms with Crippen molar-refractivity contribution in [1.29, 1.82) is 0 Å². The van der Waals surface area contributed by atoms with Crippen molar-refractivity contribution in [2.24, 2.45) is 0 Å². The Morgan fingerprint density at radius 3 is 1.59 bits per heavy atom. The van der Waals surface area contributed by atoms with Crippen LogP contribution in [-0.2, 0) is 0 Å². The van der Waals surface area contributed by atoms with Crippen LogP contribution in [0.1, 0.15) is 0 Å². The molecule has 0 radical (unpaired) electrons. The number of benzene rings is 10. The minimum absolute atomic E-state index is 0.865. The minimum atomic E-state index is 0.865. The number of furan rings is 1. The van der Waals surface area contributed by atoms with Crippen LogP contribution in [-0.4, -0.2) is 0 Å². The summed E-state index contributed by atoms with van der Waals surface area (Å²) >= 11 is 0. The molecule has 11 rings (SSSR count). The van der Waals surface area contributed by atoms with Crippen molar-refractivity contribution in [3.05, 3.63) is 224 Å². The predicted molar refractivity (Wildman–Crippen MR) is 245 cm³/mol. The molecule has 0 N–H and O–H groups in total. The van der Waals surface area contributed by atoms with Crippen LogP contribution in [0.4, 0.5) is 17.1 Å². The highest BCUT2D eigenvalue weighted by Gasteiger charge is 2.21. The van der Waals surface area contributed by atoms with Crippen molar-refractivity contribution in [1.82, 2.24) is 0 Å². The lowest BCUT2D eigenvalue weighted by atomic mass is 9.91. The van der Waals surface area contributed by atoms with Gasteiger partial charge in [-0.25, -0.2) is 0 Å². The Morgan fingerprint density at radius 2 is 0.862 bits per heavy atom. The average Bonchev–Trinajstić information content (AvgIpc) is 3.70. The topological polar surface area (TPSA) is 16.4 Å². The highest BCUT2D eigenvalue weighted by molar-refractivity contribution is 6.19. The van der Waals surface area contributed by atoms with E-state index in [1.165, 1.54) is 55.1 Å². The van der Waals surface area contributed by atoms with Crippen molar-refractivity contribution in [3.8, 4) is 44.5 Å². The summed E-state index contributed by atoms with van der Waals surface area (Å²) in [7, 11) is 0. The van der Waals surface area contributed by atoms with Crippen molar-refractivity contribution in [2.75, 3.05) is 4.90 Å². The van der Waals surface area contributed by atoms with E-state index in [1.54, 1.807) is 0 Å². The number of nitrogens with zero attached hydrogens (tertiary/aromatic N) is 1. The van der Waals surface area contributed by atoms with Crippen LogP contribution in [0.2, 0.25) is 0 Å². The normalized spacial score (nSPS) is 11.4. The van der Waals surface area contributed by atoms with E-state index in [4.69, 9.17) is 4.42 Å². The van der Waals surface area contributed by atoms with Gasteiger partial charge < -0.3 is 9.32 Å². The number of anilines is 3. The number of hydrogen-bond acceptors (Lipinski definition) is 2. The Morgan fingerprint density at radius 1 is 0.310 bits per heavy atom. The Labute approximate surface area is 337 Å². The quantitative estimate of drug-likeness (QED) is 0.162. The van der Waals surface area contributed by atoms with Crippen LogP contribution < -0.4 is 4.90 Å². The van der Waals surface area contributed by atoms with Gasteiger partial charge in [-0.3, -0.25) is 0 Å². The van der Waals surface area contributed by atoms with Gasteiger partial charge in [0.05, 0.1) is 11.1 Å². The molecular weight excluding hydrogens is 703 g/mol. The van der Waals surface area contributed by atoms with Crippen LogP contribution in [0.15, 0.2) is 229 Å². The lowest BCUT2D eigenvalue weighted by Gasteiger charge is -2.27. The molecule has 2 heteroatoms. The van der Waals surface area contributed by atoms with Crippen molar-refractivity contribution in [3.63, 3.8) is 0 Å². The fourth-order valence-electron chi connectivity index (χ4n) is 8.67. The van der Waals surface area contributed by atoms with E-state index in [-0.39, 0.29) is 0 Å². The standard InChI is InChI=1S/C56H37NO/c1-3-13-38(14-4-1)44-30-35-49(52(37-44)40-15-5-2-6-16-40)43-27-33-46(34-28-43)57(45-31-25-42(26-32-45)48-22-11-19-39-17-7-9-20-47(39)48)53-23-12-24-54-55(53)51-36-29-41-18-8-10-21-50(41)56(51)58-54/h1-37H. The molecule has 0 amide bonds. The van der Waals surface area contributed by atoms with Gasteiger partial charge in [0, 0.05) is 22.1 Å². The molecule has 0 saturated carbocycles. The Bertz CT molecular complexity index is 3250. The number of hydrogen-bond donors (Lipinski definition) is 0. The molecule has 0 fully saturated rings. The second kappa shape index (κ2) is 14.1. The third-order valence-electron chi connectivity index (χ3n) is 11.5. The fourth-order valence-corrected chi connectivity index (χ4v) is 8.67. The molecule has 0 bridgehead atoms. The summed E-state index contributed by atoms with van der Waals surface area (Å²) < 4.78 is 6.69. The predicted octanol–water partition coefficient (Wildman–Crippen LogP) is 16.0. The van der Waals surface area contributed by atoms with E-state index in [0.717, 1.165) is 50.0 Å². The van der Waals surface area contributed by atoms with Crippen LogP contribution in [0.3, 0.4) is 0 Å². The van der Waals surface area contributed by atoms with Crippen LogP contribution in [0, 0.1) is 0 Å². The van der Waals surface area contributed by atoms with Gasteiger partial charge >= 0.3 is 0 Å². The van der Waals surface area contributed by atoms with E-state index in [2.05, 4.69) is 229 Å². The summed E-state index contributed by atoms with van der Waals surface area (Å²) in [6.45, 7) is 0. The van der Waals surface area contributed by atoms with Gasteiger partial charge in [0.25, 0.3) is 0 Å². The highest BCUT2D eigenvalue weighted by Crippen LogP contribution is 2.45. The number of fused-ring (bicyclic) bond motifs is 6. The zero-order chi connectivity index (χ0) is 38.4. The molecule has 10 aromatic carbocycles. The third kappa shape index (κ3) is 5.82. The van der Waals surface area contributed by atoms with E-state index < -0.39 is 0 Å². The van der Waals surface area contributed by atoms with Gasteiger partial charge in [0.15, 0.2) is 0 Å². The Balaban J connectivity index is 1.07. The zero-order valence-electron chi connectivity index (χ0n) is 31.7. The van der Waals surface area contributed by atoms with Crippen molar-refractivity contribution < 1.29 is 4.42 Å². The minimum Gasteiger partial charge on any atom is -0.455 e. The molecule has 0 aliphatic carbocycles. The molecule has 58 heavy (non-hydrogen) atoms. The van der Waals surface area contributed by atoms with Gasteiger partial charge in [-0.05, 0) is 109 Å². The average molecular weight is 740 g/mol. The summed E-state index contributed by atoms with van der Waals surface area (Å²) in [6, 6.07) is 80.6. The highest BCUT2D eigenvalue weighted by atomic mass is 16.3. The molecule has 1 aromatic heterocycles. The first kappa shape index (κ1) is 33.6. The molecule has 0 spiro atoms. The van der Waals surface area contributed by atoms with Gasteiger partial charge in [-0.2, -0.15) is 0 Å². The molecule has 2 nitrogen and oxygen atoms in total. The molecule has 272 valence electrons. The molecule has 0 aliphatic rings. The maximum atomic E-state index is 6.69. The van der Waals surface area contributed by atoms with Gasteiger partial charge in [-0.15, -0.1) is 0 Å². The first-order valence-corrected chi connectivity index (χ1v) is 19.8. The number of rotatable bonds is 7. The summed E-state index contributed by atoms with van der Waals surface area (Å²) in [4.78, 5) is 2.37. The summed E-state index contributed by atoms with van der Waals surface area (Å²) in [5.74, 6) is 0. The smallest absolute Gasteiger partial charge is 0.143 e. The largest absolute Gasteiger partial charge is 0.455 e. The SMILES string of the molecule is c1ccc(-c2ccc(-c3ccc(N(c4ccc(-c5cccc6ccccc56)cc4)c4cccc5oc6c7ccccc7ccc6c45)cc3)c(-c3ccccc3)c2)cc1. The monoisotopic (exact) mass is 739 g/mol.